The van der Waals surface area contributed by atoms with Gasteiger partial charge in [-0.1, -0.05) is 115 Å². The summed E-state index contributed by atoms with van der Waals surface area (Å²) in [5.41, 5.74) is 6.15. The maximum absolute atomic E-state index is 9.17. The summed E-state index contributed by atoms with van der Waals surface area (Å²) in [5, 5.41) is 4.23. The van der Waals surface area contributed by atoms with Crippen molar-refractivity contribution in [2.75, 3.05) is 4.90 Å². The summed E-state index contributed by atoms with van der Waals surface area (Å²) in [6, 6.07) is 44.9. The van der Waals surface area contributed by atoms with Crippen molar-refractivity contribution >= 4 is 49.8 Å². The van der Waals surface area contributed by atoms with Gasteiger partial charge in [-0.25, -0.2) is 0 Å². The number of anilines is 3. The van der Waals surface area contributed by atoms with Crippen LogP contribution in [0.5, 0.6) is 0 Å². The van der Waals surface area contributed by atoms with Gasteiger partial charge in [-0.2, -0.15) is 0 Å². The van der Waals surface area contributed by atoms with Crippen LogP contribution in [-0.4, -0.2) is 0 Å². The number of rotatable bonds is 5. The highest BCUT2D eigenvalue weighted by atomic mass is 16.3. The Labute approximate surface area is 250 Å². The molecule has 1 aromatic heterocycles. The van der Waals surface area contributed by atoms with Gasteiger partial charge in [-0.05, 0) is 76.1 Å². The molecule has 0 N–H and O–H groups in total. The molecule has 0 aliphatic heterocycles. The van der Waals surface area contributed by atoms with Crippen LogP contribution in [-0.2, 0) is 0 Å². The number of fused-ring (bicyclic) bond motifs is 5. The SMILES string of the molecule is [2H]c1c([2H])c(N(c2ccccc2)c2cccc(-c3cccc4oc5c6ccccc6ccc5c34)c2)c([2H])c([2H])c1-c1ccccc1. The summed E-state index contributed by atoms with van der Waals surface area (Å²) in [6.45, 7) is 0. The van der Waals surface area contributed by atoms with Gasteiger partial charge in [0, 0.05) is 33.2 Å². The number of para-hydroxylation sites is 1. The molecule has 0 fully saturated rings. The molecule has 0 bridgehead atoms. The molecular weight excluding hydrogens is 510 g/mol. The molecule has 0 amide bonds. The van der Waals surface area contributed by atoms with Gasteiger partial charge in [0.25, 0.3) is 0 Å². The molecule has 2 heteroatoms. The lowest BCUT2D eigenvalue weighted by Gasteiger charge is -2.26. The molecule has 1 heterocycles. The van der Waals surface area contributed by atoms with Crippen molar-refractivity contribution < 1.29 is 9.90 Å². The predicted octanol–water partition coefficient (Wildman–Crippen LogP) is 11.5. The topological polar surface area (TPSA) is 16.4 Å². The molecule has 0 aliphatic carbocycles. The number of benzene rings is 7. The van der Waals surface area contributed by atoms with E-state index in [1.54, 1.807) is 0 Å². The normalized spacial score (nSPS) is 12.7. The second-order valence-corrected chi connectivity index (χ2v) is 10.3. The van der Waals surface area contributed by atoms with E-state index in [0.717, 1.165) is 49.5 Å². The van der Waals surface area contributed by atoms with E-state index in [0.29, 0.717) is 11.3 Å². The lowest BCUT2D eigenvalue weighted by molar-refractivity contribution is 0.673. The van der Waals surface area contributed by atoms with E-state index >= 15 is 0 Å². The minimum Gasteiger partial charge on any atom is -0.455 e. The molecular formula is C40H27NO. The average Bonchev–Trinajstić information content (AvgIpc) is 3.50. The highest BCUT2D eigenvalue weighted by Gasteiger charge is 2.17. The monoisotopic (exact) mass is 541 g/mol. The highest BCUT2D eigenvalue weighted by molar-refractivity contribution is 6.19. The zero-order valence-corrected chi connectivity index (χ0v) is 22.6. The van der Waals surface area contributed by atoms with Gasteiger partial charge >= 0.3 is 0 Å². The molecule has 42 heavy (non-hydrogen) atoms. The van der Waals surface area contributed by atoms with Crippen LogP contribution in [0.25, 0.3) is 55.0 Å². The summed E-state index contributed by atoms with van der Waals surface area (Å²) >= 11 is 0. The Morgan fingerprint density at radius 2 is 1.17 bits per heavy atom. The molecule has 198 valence electrons. The number of nitrogens with zero attached hydrogens (tertiary/aromatic N) is 1. The minimum atomic E-state index is -0.107. The van der Waals surface area contributed by atoms with E-state index in [2.05, 4.69) is 36.4 Å². The van der Waals surface area contributed by atoms with Crippen LogP contribution in [0.4, 0.5) is 17.1 Å². The first-order valence-electron chi connectivity index (χ1n) is 16.0. The zero-order valence-electron chi connectivity index (χ0n) is 26.6. The Morgan fingerprint density at radius 3 is 2.00 bits per heavy atom. The molecule has 0 aliphatic rings. The van der Waals surface area contributed by atoms with Gasteiger partial charge < -0.3 is 9.32 Å². The maximum Gasteiger partial charge on any atom is 0.143 e. The molecule has 0 unspecified atom stereocenters. The molecule has 8 rings (SSSR count). The van der Waals surface area contributed by atoms with Gasteiger partial charge in [-0.3, -0.25) is 0 Å². The van der Waals surface area contributed by atoms with Crippen LogP contribution >= 0.6 is 0 Å². The first kappa shape index (κ1) is 20.3. The van der Waals surface area contributed by atoms with Crippen LogP contribution in [0.15, 0.2) is 168 Å². The molecule has 2 nitrogen and oxygen atoms in total. The second kappa shape index (κ2) is 10.1. The molecule has 0 saturated carbocycles. The summed E-state index contributed by atoms with van der Waals surface area (Å²) < 4.78 is 42.8. The number of hydrogen-bond donors (Lipinski definition) is 0. The number of furan rings is 1. The average molecular weight is 542 g/mol. The van der Waals surface area contributed by atoms with Crippen molar-refractivity contribution in [2.24, 2.45) is 0 Å². The second-order valence-electron chi connectivity index (χ2n) is 10.3. The number of hydrogen-bond acceptors (Lipinski definition) is 2. The van der Waals surface area contributed by atoms with Gasteiger partial charge in [-0.15, -0.1) is 0 Å². The van der Waals surface area contributed by atoms with Crippen LogP contribution < -0.4 is 4.90 Å². The lowest BCUT2D eigenvalue weighted by Crippen LogP contribution is -2.09. The fourth-order valence-electron chi connectivity index (χ4n) is 5.76. The van der Waals surface area contributed by atoms with Crippen LogP contribution in [0.1, 0.15) is 5.48 Å². The third-order valence-electron chi connectivity index (χ3n) is 7.71. The Bertz CT molecular complexity index is 2390. The third-order valence-corrected chi connectivity index (χ3v) is 7.71. The summed E-state index contributed by atoms with van der Waals surface area (Å²) in [5.74, 6) is 0. The van der Waals surface area contributed by atoms with Crippen LogP contribution in [0.2, 0.25) is 0 Å². The Kier molecular flexibility index (Phi) is 4.88. The minimum absolute atomic E-state index is 0.0823. The third kappa shape index (κ3) is 4.13. The Hall–Kier alpha value is -5.60. The van der Waals surface area contributed by atoms with E-state index in [-0.39, 0.29) is 35.4 Å². The Balaban J connectivity index is 1.34. The van der Waals surface area contributed by atoms with Crippen molar-refractivity contribution in [3.8, 4) is 22.3 Å². The molecule has 0 atom stereocenters. The zero-order chi connectivity index (χ0) is 31.4. The van der Waals surface area contributed by atoms with Gasteiger partial charge in [0.1, 0.15) is 11.2 Å². The van der Waals surface area contributed by atoms with Crippen molar-refractivity contribution in [3.63, 3.8) is 0 Å². The van der Waals surface area contributed by atoms with E-state index in [1.165, 1.54) is 0 Å². The standard InChI is InChI=1S/C40H27NO/c1-3-11-28(12-4-1)29-21-24-33(25-22-29)41(32-15-5-2-6-16-32)34-17-9-14-31(27-34)35-19-10-20-38-39(35)37-26-23-30-13-7-8-18-36(30)40(37)42-38/h1-27H/i21D,22D,24D,25D. The molecule has 0 saturated heterocycles. The van der Waals surface area contributed by atoms with Crippen molar-refractivity contribution in [2.45, 2.75) is 0 Å². The summed E-state index contributed by atoms with van der Waals surface area (Å²) in [6.07, 6.45) is 0. The summed E-state index contributed by atoms with van der Waals surface area (Å²) in [7, 11) is 0. The molecule has 0 spiro atoms. The lowest BCUT2D eigenvalue weighted by atomic mass is 9.97. The highest BCUT2D eigenvalue weighted by Crippen LogP contribution is 2.42. The fraction of sp³-hybridized carbons (Fsp3) is 0. The molecule has 7 aromatic carbocycles. The maximum atomic E-state index is 9.17. The van der Waals surface area contributed by atoms with E-state index in [1.807, 2.05) is 108 Å². The van der Waals surface area contributed by atoms with E-state index in [9.17, 15) is 0 Å². The smallest absolute Gasteiger partial charge is 0.143 e. The quantitative estimate of drug-likeness (QED) is 0.215. The summed E-state index contributed by atoms with van der Waals surface area (Å²) in [4.78, 5) is 1.82. The van der Waals surface area contributed by atoms with Crippen molar-refractivity contribution in [3.05, 3.63) is 164 Å². The van der Waals surface area contributed by atoms with Gasteiger partial charge in [0.2, 0.25) is 0 Å². The predicted molar refractivity (Wildman–Crippen MR) is 177 cm³/mol. The largest absolute Gasteiger partial charge is 0.455 e. The van der Waals surface area contributed by atoms with E-state index in [4.69, 9.17) is 9.90 Å². The fourth-order valence-corrected chi connectivity index (χ4v) is 5.76. The van der Waals surface area contributed by atoms with Gasteiger partial charge in [0.15, 0.2) is 0 Å². The first-order valence-corrected chi connectivity index (χ1v) is 14.0. The molecule has 8 aromatic rings. The Morgan fingerprint density at radius 1 is 0.476 bits per heavy atom. The van der Waals surface area contributed by atoms with Gasteiger partial charge in [0.05, 0.1) is 5.48 Å². The van der Waals surface area contributed by atoms with E-state index < -0.39 is 0 Å². The van der Waals surface area contributed by atoms with Crippen molar-refractivity contribution in [1.29, 1.82) is 0 Å². The van der Waals surface area contributed by atoms with Crippen LogP contribution in [0, 0.1) is 0 Å². The van der Waals surface area contributed by atoms with Crippen LogP contribution in [0.3, 0.4) is 0 Å². The first-order chi connectivity index (χ1) is 22.5. The molecule has 0 radical (unpaired) electrons. The van der Waals surface area contributed by atoms with Crippen molar-refractivity contribution in [1.82, 2.24) is 0 Å².